The SMILES string of the molecule is CCO[Si](OCC)(OCC)C(CC)C1CC(=O)C(=O)C1=O. The molecule has 0 heterocycles. The average Bonchev–Trinajstić information content (AvgIpc) is 2.68. The van der Waals surface area contributed by atoms with Crippen molar-refractivity contribution in [3.63, 3.8) is 0 Å². The minimum absolute atomic E-state index is 0.0574. The predicted molar refractivity (Wildman–Crippen MR) is 77.8 cm³/mol. The van der Waals surface area contributed by atoms with Gasteiger partial charge in [0.1, 0.15) is 0 Å². The highest BCUT2D eigenvalue weighted by Gasteiger charge is 2.57. The maximum atomic E-state index is 12.1. The Kier molecular flexibility index (Phi) is 6.86. The number of rotatable bonds is 9. The Hall–Kier alpha value is -0.893. The van der Waals surface area contributed by atoms with Crippen LogP contribution < -0.4 is 0 Å². The van der Waals surface area contributed by atoms with E-state index >= 15 is 0 Å². The van der Waals surface area contributed by atoms with Crippen molar-refractivity contribution >= 4 is 26.2 Å². The molecule has 0 N–H and O–H groups in total. The van der Waals surface area contributed by atoms with Crippen molar-refractivity contribution in [2.24, 2.45) is 5.92 Å². The molecule has 1 aliphatic rings. The topological polar surface area (TPSA) is 78.9 Å². The summed E-state index contributed by atoms with van der Waals surface area (Å²) in [6.45, 7) is 8.57. The molecular weight excluding hydrogens is 292 g/mol. The van der Waals surface area contributed by atoms with Crippen molar-refractivity contribution in [1.82, 2.24) is 0 Å². The van der Waals surface area contributed by atoms with Crippen LogP contribution in [0.4, 0.5) is 0 Å². The van der Waals surface area contributed by atoms with E-state index in [-0.39, 0.29) is 12.0 Å². The van der Waals surface area contributed by atoms with Crippen LogP contribution in [0.2, 0.25) is 5.54 Å². The summed E-state index contributed by atoms with van der Waals surface area (Å²) in [5, 5.41) is 0. The first-order chi connectivity index (χ1) is 9.97. The molecule has 0 saturated heterocycles. The van der Waals surface area contributed by atoms with Crippen LogP contribution in [0.5, 0.6) is 0 Å². The van der Waals surface area contributed by atoms with Crippen molar-refractivity contribution in [3.8, 4) is 0 Å². The average molecular weight is 316 g/mol. The second kappa shape index (κ2) is 7.93. The first kappa shape index (κ1) is 18.2. The molecule has 0 aromatic rings. The van der Waals surface area contributed by atoms with Gasteiger partial charge >= 0.3 is 8.80 Å². The fourth-order valence-corrected chi connectivity index (χ4v) is 6.21. The van der Waals surface area contributed by atoms with Crippen molar-refractivity contribution in [1.29, 1.82) is 0 Å². The van der Waals surface area contributed by atoms with Gasteiger partial charge in [-0.05, 0) is 27.2 Å². The fourth-order valence-electron chi connectivity index (χ4n) is 2.85. The highest BCUT2D eigenvalue weighted by atomic mass is 28.4. The van der Waals surface area contributed by atoms with Crippen LogP contribution in [0, 0.1) is 5.92 Å². The van der Waals surface area contributed by atoms with E-state index in [1.807, 2.05) is 27.7 Å². The van der Waals surface area contributed by atoms with Gasteiger partial charge in [0.2, 0.25) is 11.6 Å². The predicted octanol–water partition coefficient (Wildman–Crippen LogP) is 1.54. The highest BCUT2D eigenvalue weighted by molar-refractivity contribution is 6.70. The molecule has 1 saturated carbocycles. The van der Waals surface area contributed by atoms with Gasteiger partial charge in [0.25, 0.3) is 5.78 Å². The third-order valence-electron chi connectivity index (χ3n) is 3.64. The highest BCUT2D eigenvalue weighted by Crippen LogP contribution is 2.40. The van der Waals surface area contributed by atoms with Crippen molar-refractivity contribution in [2.75, 3.05) is 19.8 Å². The van der Waals surface area contributed by atoms with Gasteiger partial charge in [-0.3, -0.25) is 14.4 Å². The molecule has 0 aliphatic heterocycles. The Morgan fingerprint density at radius 2 is 1.48 bits per heavy atom. The molecule has 2 unspecified atom stereocenters. The summed E-state index contributed by atoms with van der Waals surface area (Å²) in [5.74, 6) is -2.81. The van der Waals surface area contributed by atoms with E-state index in [2.05, 4.69) is 0 Å². The van der Waals surface area contributed by atoms with Gasteiger partial charge in [-0.2, -0.15) is 0 Å². The van der Waals surface area contributed by atoms with Crippen LogP contribution in [0.15, 0.2) is 0 Å². The maximum Gasteiger partial charge on any atom is 0.504 e. The molecule has 0 amide bonds. The Labute approximate surface area is 126 Å². The lowest BCUT2D eigenvalue weighted by molar-refractivity contribution is -0.141. The minimum atomic E-state index is -3.12. The lowest BCUT2D eigenvalue weighted by Crippen LogP contribution is -2.53. The van der Waals surface area contributed by atoms with Gasteiger partial charge in [-0.1, -0.05) is 6.92 Å². The standard InChI is InChI=1S/C14H24O6Si/c1-5-12(10-9-11(15)14(17)13(10)16)21(18-6-2,19-7-3)20-8-4/h10,12H,5-9H2,1-4H3. The Bertz CT molecular complexity index is 391. The monoisotopic (exact) mass is 316 g/mol. The zero-order valence-corrected chi connectivity index (χ0v) is 14.1. The number of hydrogen-bond donors (Lipinski definition) is 0. The van der Waals surface area contributed by atoms with E-state index in [1.165, 1.54) is 0 Å². The molecule has 1 aliphatic carbocycles. The van der Waals surface area contributed by atoms with E-state index in [1.54, 1.807) is 0 Å². The Morgan fingerprint density at radius 1 is 1.00 bits per heavy atom. The number of carbonyl (C=O) groups is 3. The number of ketones is 3. The molecule has 6 nitrogen and oxygen atoms in total. The zero-order valence-electron chi connectivity index (χ0n) is 13.1. The van der Waals surface area contributed by atoms with E-state index in [0.29, 0.717) is 26.2 Å². The second-order valence-corrected chi connectivity index (χ2v) is 7.66. The smallest absolute Gasteiger partial charge is 0.374 e. The molecule has 0 aromatic carbocycles. The summed E-state index contributed by atoms with van der Waals surface area (Å²) >= 11 is 0. The number of hydrogen-bond acceptors (Lipinski definition) is 6. The van der Waals surface area contributed by atoms with Gasteiger partial charge in [0.15, 0.2) is 0 Å². The van der Waals surface area contributed by atoms with Crippen LogP contribution in [-0.4, -0.2) is 46.0 Å². The van der Waals surface area contributed by atoms with Crippen molar-refractivity contribution in [2.45, 2.75) is 46.1 Å². The van der Waals surface area contributed by atoms with E-state index in [4.69, 9.17) is 13.3 Å². The third kappa shape index (κ3) is 3.66. The normalized spacial score (nSPS) is 21.1. The van der Waals surface area contributed by atoms with Crippen LogP contribution in [-0.2, 0) is 27.7 Å². The van der Waals surface area contributed by atoms with Gasteiger partial charge in [-0.25, -0.2) is 0 Å². The lowest BCUT2D eigenvalue weighted by atomic mass is 10.0. The first-order valence-corrected chi connectivity index (χ1v) is 9.30. The maximum absolute atomic E-state index is 12.1. The third-order valence-corrected chi connectivity index (χ3v) is 7.43. The summed E-state index contributed by atoms with van der Waals surface area (Å²) < 4.78 is 17.4. The van der Waals surface area contributed by atoms with Gasteiger partial charge in [0, 0.05) is 37.7 Å². The number of carbonyl (C=O) groups excluding carboxylic acids is 3. The summed E-state index contributed by atoms with van der Waals surface area (Å²) in [4.78, 5) is 35.1. The Morgan fingerprint density at radius 3 is 1.76 bits per heavy atom. The molecule has 0 aromatic heterocycles. The molecule has 7 heteroatoms. The quantitative estimate of drug-likeness (QED) is 0.474. The van der Waals surface area contributed by atoms with Gasteiger partial charge in [-0.15, -0.1) is 0 Å². The van der Waals surface area contributed by atoms with Crippen LogP contribution in [0.25, 0.3) is 0 Å². The molecule has 0 bridgehead atoms. The zero-order chi connectivity index (χ0) is 16.0. The molecule has 120 valence electrons. The van der Waals surface area contributed by atoms with Crippen molar-refractivity contribution < 1.29 is 27.7 Å². The summed E-state index contributed by atoms with van der Waals surface area (Å²) in [7, 11) is -3.12. The van der Waals surface area contributed by atoms with Crippen LogP contribution >= 0.6 is 0 Å². The molecular formula is C14H24O6Si. The van der Waals surface area contributed by atoms with Crippen LogP contribution in [0.1, 0.15) is 40.5 Å². The fraction of sp³-hybridized carbons (Fsp3) is 0.786. The molecule has 1 rings (SSSR count). The molecule has 2 atom stereocenters. The van der Waals surface area contributed by atoms with Gasteiger partial charge in [0.05, 0.1) is 0 Å². The lowest BCUT2D eigenvalue weighted by Gasteiger charge is -2.36. The largest absolute Gasteiger partial charge is 0.504 e. The van der Waals surface area contributed by atoms with Crippen LogP contribution in [0.3, 0.4) is 0 Å². The van der Waals surface area contributed by atoms with Crippen molar-refractivity contribution in [3.05, 3.63) is 0 Å². The number of Topliss-reactive ketones (excluding diaryl/α,β-unsaturated/α-hetero) is 3. The molecule has 0 radical (unpaired) electrons. The molecule has 0 spiro atoms. The Balaban J connectivity index is 3.14. The van der Waals surface area contributed by atoms with E-state index in [9.17, 15) is 14.4 Å². The van der Waals surface area contributed by atoms with E-state index < -0.39 is 32.1 Å². The molecule has 21 heavy (non-hydrogen) atoms. The van der Waals surface area contributed by atoms with E-state index in [0.717, 1.165) is 0 Å². The minimum Gasteiger partial charge on any atom is -0.374 e. The second-order valence-electron chi connectivity index (χ2n) is 4.84. The first-order valence-electron chi connectivity index (χ1n) is 7.50. The molecule has 1 fully saturated rings. The summed E-state index contributed by atoms with van der Waals surface area (Å²) in [6, 6.07) is 0. The summed E-state index contributed by atoms with van der Waals surface area (Å²) in [5.41, 5.74) is -0.361. The van der Waals surface area contributed by atoms with Gasteiger partial charge < -0.3 is 13.3 Å². The summed E-state index contributed by atoms with van der Waals surface area (Å²) in [6.07, 6.45) is 0.501.